The molecule has 0 amide bonds. The zero-order valence-electron chi connectivity index (χ0n) is 15.9. The molecular weight excluding hydrogens is 354 g/mol. The second kappa shape index (κ2) is 5.88. The predicted molar refractivity (Wildman–Crippen MR) is 105 cm³/mol. The number of fused-ring (bicyclic) bond motifs is 5. The second-order valence-electron chi connectivity index (χ2n) is 8.07. The Bertz CT molecular complexity index is 965. The van der Waals surface area contributed by atoms with Gasteiger partial charge in [0.15, 0.2) is 11.5 Å². The Morgan fingerprint density at radius 2 is 1.82 bits per heavy atom. The first-order chi connectivity index (χ1) is 13.7. The monoisotopic (exact) mass is 377 g/mol. The SMILES string of the molecule is CN1CCC2(CC1)Oc1ccccc1[C@H]1CC(c3ccc4c(c3)OCO4)=NN12. The van der Waals surface area contributed by atoms with E-state index in [1.807, 2.05) is 12.1 Å². The van der Waals surface area contributed by atoms with Gasteiger partial charge in [0, 0.05) is 43.5 Å². The van der Waals surface area contributed by atoms with E-state index in [0.717, 1.165) is 60.9 Å². The number of hydrogen-bond acceptors (Lipinski definition) is 6. The summed E-state index contributed by atoms with van der Waals surface area (Å²) in [6.45, 7) is 2.32. The summed E-state index contributed by atoms with van der Waals surface area (Å²) in [5.41, 5.74) is 3.05. The number of nitrogens with zero attached hydrogens (tertiary/aromatic N) is 3. The molecule has 0 aliphatic carbocycles. The number of likely N-dealkylation sites (tertiary alicyclic amines) is 1. The fourth-order valence-corrected chi connectivity index (χ4v) is 4.78. The van der Waals surface area contributed by atoms with Gasteiger partial charge in [0.25, 0.3) is 0 Å². The summed E-state index contributed by atoms with van der Waals surface area (Å²) in [5, 5.41) is 7.37. The third kappa shape index (κ3) is 2.34. The molecule has 1 fully saturated rings. The minimum atomic E-state index is -0.358. The van der Waals surface area contributed by atoms with Gasteiger partial charge in [0.05, 0.1) is 11.8 Å². The highest BCUT2D eigenvalue weighted by Gasteiger charge is 2.51. The molecule has 0 N–H and O–H groups in total. The van der Waals surface area contributed by atoms with E-state index < -0.39 is 0 Å². The first-order valence-corrected chi connectivity index (χ1v) is 9.95. The fraction of sp³-hybridized carbons (Fsp3) is 0.409. The Hall–Kier alpha value is -2.73. The van der Waals surface area contributed by atoms with E-state index in [2.05, 4.69) is 47.3 Å². The van der Waals surface area contributed by atoms with Crippen LogP contribution in [-0.4, -0.2) is 48.3 Å². The second-order valence-corrected chi connectivity index (χ2v) is 8.07. The fourth-order valence-electron chi connectivity index (χ4n) is 4.78. The van der Waals surface area contributed by atoms with Crippen molar-refractivity contribution in [2.75, 3.05) is 26.9 Å². The van der Waals surface area contributed by atoms with Crippen molar-refractivity contribution in [2.45, 2.75) is 31.0 Å². The van der Waals surface area contributed by atoms with Crippen LogP contribution in [0.2, 0.25) is 0 Å². The summed E-state index contributed by atoms with van der Waals surface area (Å²) >= 11 is 0. The van der Waals surface area contributed by atoms with Crippen LogP contribution in [0, 0.1) is 0 Å². The first kappa shape index (κ1) is 16.2. The lowest BCUT2D eigenvalue weighted by molar-refractivity contribution is -0.147. The highest BCUT2D eigenvalue weighted by Crippen LogP contribution is 2.50. The molecule has 6 rings (SSSR count). The van der Waals surface area contributed by atoms with E-state index in [9.17, 15) is 0 Å². The average Bonchev–Trinajstić information content (AvgIpc) is 3.37. The molecular formula is C22H23N3O3. The molecule has 1 spiro atoms. The average molecular weight is 377 g/mol. The highest BCUT2D eigenvalue weighted by atomic mass is 16.7. The molecule has 2 aromatic rings. The van der Waals surface area contributed by atoms with Crippen LogP contribution >= 0.6 is 0 Å². The van der Waals surface area contributed by atoms with Gasteiger partial charge in [-0.15, -0.1) is 0 Å². The Kier molecular flexibility index (Phi) is 3.41. The molecule has 4 aliphatic heterocycles. The van der Waals surface area contributed by atoms with E-state index in [1.165, 1.54) is 5.56 Å². The minimum Gasteiger partial charge on any atom is -0.466 e. The maximum Gasteiger partial charge on any atom is 0.231 e. The zero-order chi connectivity index (χ0) is 18.7. The number of ether oxygens (including phenoxy) is 3. The van der Waals surface area contributed by atoms with Crippen LogP contribution in [-0.2, 0) is 0 Å². The quantitative estimate of drug-likeness (QED) is 0.762. The van der Waals surface area contributed by atoms with Gasteiger partial charge in [0.1, 0.15) is 5.75 Å². The Morgan fingerprint density at radius 1 is 1.00 bits per heavy atom. The molecule has 6 nitrogen and oxygen atoms in total. The topological polar surface area (TPSA) is 46.5 Å². The van der Waals surface area contributed by atoms with Crippen LogP contribution in [0.5, 0.6) is 17.2 Å². The van der Waals surface area contributed by atoms with E-state index in [-0.39, 0.29) is 18.6 Å². The van der Waals surface area contributed by atoms with Crippen molar-refractivity contribution in [3.8, 4) is 17.2 Å². The number of benzene rings is 2. The third-order valence-corrected chi connectivity index (χ3v) is 6.38. The molecule has 2 aromatic carbocycles. The molecule has 28 heavy (non-hydrogen) atoms. The Balaban J connectivity index is 1.42. The first-order valence-electron chi connectivity index (χ1n) is 9.95. The molecule has 1 atom stereocenters. The molecule has 0 unspecified atom stereocenters. The number of para-hydroxylation sites is 1. The normalized spacial score (nSPS) is 24.5. The number of piperidine rings is 1. The van der Waals surface area contributed by atoms with E-state index >= 15 is 0 Å². The van der Waals surface area contributed by atoms with Gasteiger partial charge in [-0.25, -0.2) is 5.01 Å². The molecule has 0 radical (unpaired) electrons. The molecule has 6 heteroatoms. The van der Waals surface area contributed by atoms with Crippen molar-refractivity contribution in [3.05, 3.63) is 53.6 Å². The van der Waals surface area contributed by atoms with E-state index in [0.29, 0.717) is 0 Å². The molecule has 0 bridgehead atoms. The van der Waals surface area contributed by atoms with Crippen LogP contribution < -0.4 is 14.2 Å². The molecule has 4 aliphatic rings. The number of hydrogen-bond donors (Lipinski definition) is 0. The summed E-state index contributed by atoms with van der Waals surface area (Å²) in [7, 11) is 2.17. The van der Waals surface area contributed by atoms with E-state index in [1.54, 1.807) is 0 Å². The smallest absolute Gasteiger partial charge is 0.231 e. The van der Waals surface area contributed by atoms with Gasteiger partial charge in [-0.1, -0.05) is 18.2 Å². The minimum absolute atomic E-state index is 0.216. The largest absolute Gasteiger partial charge is 0.466 e. The maximum atomic E-state index is 6.63. The molecule has 144 valence electrons. The summed E-state index contributed by atoms with van der Waals surface area (Å²) < 4.78 is 17.7. The lowest BCUT2D eigenvalue weighted by atomic mass is 9.91. The number of hydrazone groups is 1. The van der Waals surface area contributed by atoms with Crippen LogP contribution in [0.1, 0.15) is 36.4 Å². The molecule has 0 aromatic heterocycles. The Morgan fingerprint density at radius 3 is 2.71 bits per heavy atom. The van der Waals surface area contributed by atoms with Crippen molar-refractivity contribution in [1.29, 1.82) is 0 Å². The van der Waals surface area contributed by atoms with Crippen molar-refractivity contribution in [2.24, 2.45) is 5.10 Å². The van der Waals surface area contributed by atoms with Gasteiger partial charge in [-0.3, -0.25) is 0 Å². The van der Waals surface area contributed by atoms with Crippen molar-refractivity contribution in [1.82, 2.24) is 9.91 Å². The maximum absolute atomic E-state index is 6.63. The van der Waals surface area contributed by atoms with Crippen molar-refractivity contribution in [3.63, 3.8) is 0 Å². The summed E-state index contributed by atoms with van der Waals surface area (Å²) in [4.78, 5) is 2.36. The Labute approximate surface area is 164 Å². The van der Waals surface area contributed by atoms with Gasteiger partial charge >= 0.3 is 0 Å². The molecule has 1 saturated heterocycles. The van der Waals surface area contributed by atoms with Crippen molar-refractivity contribution < 1.29 is 14.2 Å². The lowest BCUT2D eigenvalue weighted by Gasteiger charge is -2.50. The lowest BCUT2D eigenvalue weighted by Crippen LogP contribution is -2.58. The highest BCUT2D eigenvalue weighted by molar-refractivity contribution is 6.02. The zero-order valence-corrected chi connectivity index (χ0v) is 15.9. The van der Waals surface area contributed by atoms with Crippen LogP contribution in [0.3, 0.4) is 0 Å². The molecule has 4 heterocycles. The van der Waals surface area contributed by atoms with Gasteiger partial charge in [-0.05, 0) is 31.3 Å². The summed E-state index contributed by atoms with van der Waals surface area (Å²) in [6, 6.07) is 14.8. The van der Waals surface area contributed by atoms with Crippen LogP contribution in [0.15, 0.2) is 47.6 Å². The van der Waals surface area contributed by atoms with E-state index in [4.69, 9.17) is 19.3 Å². The summed E-state index contributed by atoms with van der Waals surface area (Å²) in [6.07, 6.45) is 2.77. The number of rotatable bonds is 1. The third-order valence-electron chi connectivity index (χ3n) is 6.38. The van der Waals surface area contributed by atoms with Crippen LogP contribution in [0.25, 0.3) is 0 Å². The van der Waals surface area contributed by atoms with Gasteiger partial charge in [-0.2, -0.15) is 5.10 Å². The standard InChI is InChI=1S/C22H23N3O3/c1-24-10-8-22(9-11-24)25-18(16-4-2-3-5-19(16)28-22)13-17(23-25)15-6-7-20-21(12-15)27-14-26-20/h2-7,12,18H,8-11,13-14H2,1H3/t18-/m1/s1. The van der Waals surface area contributed by atoms with Gasteiger partial charge < -0.3 is 19.1 Å². The predicted octanol–water partition coefficient (Wildman–Crippen LogP) is 3.38. The molecule has 0 saturated carbocycles. The van der Waals surface area contributed by atoms with Crippen LogP contribution in [0.4, 0.5) is 0 Å². The van der Waals surface area contributed by atoms with Crippen molar-refractivity contribution >= 4 is 5.71 Å². The summed E-state index contributed by atoms with van der Waals surface area (Å²) in [5.74, 6) is 2.62. The van der Waals surface area contributed by atoms with Gasteiger partial charge in [0.2, 0.25) is 12.5 Å².